The summed E-state index contributed by atoms with van der Waals surface area (Å²) >= 11 is 0. The van der Waals surface area contributed by atoms with Crippen LogP contribution in [0.4, 0.5) is 0 Å². The molecule has 0 heterocycles. The van der Waals surface area contributed by atoms with E-state index in [4.69, 9.17) is 7.85 Å². The molecule has 0 saturated heterocycles. The molecule has 0 aliphatic rings. The molecule has 0 fully saturated rings. The number of hydrogen-bond donors (Lipinski definition) is 0. The van der Waals surface area contributed by atoms with Crippen LogP contribution in [0.5, 0.6) is 0 Å². The van der Waals surface area contributed by atoms with Gasteiger partial charge in [-0.05, 0) is 0 Å². The van der Waals surface area contributed by atoms with E-state index in [0.717, 1.165) is 12.7 Å². The molecular weight excluding hydrogens is 207 g/mol. The van der Waals surface area contributed by atoms with Gasteiger partial charge in [0.25, 0.3) is 0 Å². The highest BCUT2D eigenvalue weighted by Gasteiger charge is 1.57. The highest BCUT2D eigenvalue weighted by Crippen LogP contribution is 1.73. The summed E-state index contributed by atoms with van der Waals surface area (Å²) in [4.78, 5) is 0. The minimum atomic E-state index is 0. The molecule has 0 unspecified atom stereocenters. The van der Waals surface area contributed by atoms with Crippen LogP contribution < -0.4 is 0 Å². The molecule has 0 aliphatic heterocycles. The third-order valence-electron chi connectivity index (χ3n) is 0.289. The zero-order chi connectivity index (χ0) is 3.41. The van der Waals surface area contributed by atoms with Crippen molar-refractivity contribution in [3.05, 3.63) is 0 Å². The van der Waals surface area contributed by atoms with Crippen LogP contribution in [0, 0.1) is 0 Å². The lowest BCUT2D eigenvalue weighted by Gasteiger charge is -1.67. The van der Waals surface area contributed by atoms with Crippen molar-refractivity contribution in [3.8, 4) is 0 Å². The molecule has 3 heteroatoms. The topological polar surface area (TPSA) is 0 Å². The van der Waals surface area contributed by atoms with Gasteiger partial charge in [0.1, 0.15) is 0 Å². The normalized spacial score (nSPS) is 4.83. The predicted molar refractivity (Wildman–Crippen MR) is 41.5 cm³/mol. The molecule has 38 valence electrons. The van der Waals surface area contributed by atoms with Crippen molar-refractivity contribution in [2.24, 2.45) is 0 Å². The van der Waals surface area contributed by atoms with E-state index in [0.29, 0.717) is 0 Å². The average Bonchev–Trinajstić information content (AvgIpc) is 1.37. The van der Waals surface area contributed by atoms with Gasteiger partial charge in [-0.2, -0.15) is 0 Å². The Kier molecular flexibility index (Phi) is 43.6. The average molecular weight is 216 g/mol. The molecule has 2 radical (unpaired) electrons. The third-order valence-corrected chi connectivity index (χ3v) is 0.289. The van der Waals surface area contributed by atoms with Crippen molar-refractivity contribution < 1.29 is 0 Å². The molecular formula is C3H9BBr2. The first-order chi connectivity index (χ1) is 1.91. The molecule has 0 aromatic rings. The van der Waals surface area contributed by atoms with Gasteiger partial charge in [-0.25, -0.2) is 0 Å². The molecule has 0 aromatic carbocycles. The Labute approximate surface area is 61.6 Å². The molecule has 0 atom stereocenters. The van der Waals surface area contributed by atoms with Crippen molar-refractivity contribution >= 4 is 41.8 Å². The van der Waals surface area contributed by atoms with E-state index in [9.17, 15) is 0 Å². The van der Waals surface area contributed by atoms with E-state index >= 15 is 0 Å². The van der Waals surface area contributed by atoms with Gasteiger partial charge in [-0.1, -0.05) is 19.7 Å². The molecule has 0 aliphatic carbocycles. The maximum Gasteiger partial charge on any atom is 0.0652 e. The monoisotopic (exact) mass is 214 g/mol. The van der Waals surface area contributed by atoms with Crippen LogP contribution in [0.1, 0.15) is 13.3 Å². The molecule has 6 heavy (non-hydrogen) atoms. The van der Waals surface area contributed by atoms with Gasteiger partial charge in [0, 0.05) is 0 Å². The number of halogens is 2. The van der Waals surface area contributed by atoms with E-state index < -0.39 is 0 Å². The summed E-state index contributed by atoms with van der Waals surface area (Å²) in [5.74, 6) is 0. The van der Waals surface area contributed by atoms with Crippen LogP contribution in [0.15, 0.2) is 0 Å². The fourth-order valence-electron chi connectivity index (χ4n) is 0. The number of hydrogen-bond acceptors (Lipinski definition) is 0. The van der Waals surface area contributed by atoms with Gasteiger partial charge in [0.15, 0.2) is 0 Å². The zero-order valence-corrected chi connectivity index (χ0v) is 7.23. The molecule has 0 spiro atoms. The summed E-state index contributed by atoms with van der Waals surface area (Å²) < 4.78 is 0. The lowest BCUT2D eigenvalue weighted by molar-refractivity contribution is 1.08. The first-order valence-electron chi connectivity index (χ1n) is 1.62. The Balaban J connectivity index is -0.0000000450. The van der Waals surface area contributed by atoms with E-state index in [1.165, 1.54) is 0 Å². The highest BCUT2D eigenvalue weighted by molar-refractivity contribution is 8.93. The lowest BCUT2D eigenvalue weighted by Crippen LogP contribution is -1.55. The van der Waals surface area contributed by atoms with Gasteiger partial charge in [0.2, 0.25) is 0 Å². The van der Waals surface area contributed by atoms with Gasteiger partial charge in [0.05, 0.1) is 7.85 Å². The largest absolute Gasteiger partial charge is 0.114 e. The Morgan fingerprint density at radius 2 is 1.50 bits per heavy atom. The molecule has 0 bridgehead atoms. The fraction of sp³-hybridized carbons (Fsp3) is 1.00. The zero-order valence-electron chi connectivity index (χ0n) is 3.81. The lowest BCUT2D eigenvalue weighted by atomic mass is 10.0. The van der Waals surface area contributed by atoms with E-state index in [1.807, 2.05) is 0 Å². The maximum atomic E-state index is 5.03. The minimum Gasteiger partial charge on any atom is -0.114 e. The van der Waals surface area contributed by atoms with Crippen LogP contribution in [0.25, 0.3) is 0 Å². The second-order valence-corrected chi connectivity index (χ2v) is 0.789. The van der Waals surface area contributed by atoms with Gasteiger partial charge in [-0.15, -0.1) is 34.0 Å². The quantitative estimate of drug-likeness (QED) is 0.588. The van der Waals surface area contributed by atoms with Crippen molar-refractivity contribution in [3.63, 3.8) is 0 Å². The third kappa shape index (κ3) is 19.9. The summed E-state index contributed by atoms with van der Waals surface area (Å²) in [5, 5.41) is 0. The predicted octanol–water partition coefficient (Wildman–Crippen LogP) is 2.14. The highest BCUT2D eigenvalue weighted by atomic mass is 79.9. The Bertz CT molecular complexity index is 10.8. The fourth-order valence-corrected chi connectivity index (χ4v) is 0. The molecule has 0 amide bonds. The molecule has 0 saturated carbocycles. The van der Waals surface area contributed by atoms with E-state index in [1.54, 1.807) is 0 Å². The van der Waals surface area contributed by atoms with Gasteiger partial charge < -0.3 is 0 Å². The van der Waals surface area contributed by atoms with Crippen LogP contribution in [-0.2, 0) is 0 Å². The second-order valence-electron chi connectivity index (χ2n) is 0.789. The Hall–Kier alpha value is 1.02. The second kappa shape index (κ2) is 16.6. The van der Waals surface area contributed by atoms with Crippen LogP contribution in [-0.4, -0.2) is 7.85 Å². The van der Waals surface area contributed by atoms with E-state index in [-0.39, 0.29) is 34.0 Å². The SMILES string of the molecule is Br.Br.[B]CCC. The van der Waals surface area contributed by atoms with Crippen molar-refractivity contribution in [1.82, 2.24) is 0 Å². The summed E-state index contributed by atoms with van der Waals surface area (Å²) in [6.45, 7) is 2.06. The summed E-state index contributed by atoms with van der Waals surface area (Å²) in [5.41, 5.74) is 0. The molecule has 0 rings (SSSR count). The van der Waals surface area contributed by atoms with Crippen molar-refractivity contribution in [2.45, 2.75) is 19.7 Å². The maximum absolute atomic E-state index is 5.03. The van der Waals surface area contributed by atoms with Crippen molar-refractivity contribution in [2.75, 3.05) is 0 Å². The van der Waals surface area contributed by atoms with Gasteiger partial charge in [-0.3, -0.25) is 0 Å². The summed E-state index contributed by atoms with van der Waals surface area (Å²) in [6, 6.07) is 0. The molecule has 0 nitrogen and oxygen atoms in total. The first kappa shape index (κ1) is 15.7. The molecule has 0 aromatic heterocycles. The summed E-state index contributed by atoms with van der Waals surface area (Å²) in [7, 11) is 5.03. The van der Waals surface area contributed by atoms with Crippen molar-refractivity contribution in [1.29, 1.82) is 0 Å². The minimum absolute atomic E-state index is 0. The van der Waals surface area contributed by atoms with Gasteiger partial charge >= 0.3 is 0 Å². The van der Waals surface area contributed by atoms with Crippen LogP contribution in [0.3, 0.4) is 0 Å². The molecule has 0 N–H and O–H groups in total. The Morgan fingerprint density at radius 3 is 1.50 bits per heavy atom. The van der Waals surface area contributed by atoms with E-state index in [2.05, 4.69) is 6.92 Å². The van der Waals surface area contributed by atoms with Crippen LogP contribution in [0.2, 0.25) is 6.32 Å². The number of rotatable bonds is 1. The smallest absolute Gasteiger partial charge is 0.0652 e. The standard InChI is InChI=1S/C3H7B.2BrH/c1-2-3-4;;/h2-3H2,1H3;2*1H. The Morgan fingerprint density at radius 1 is 1.33 bits per heavy atom. The summed E-state index contributed by atoms with van der Waals surface area (Å²) in [6.07, 6.45) is 1.92. The van der Waals surface area contributed by atoms with Crippen LogP contribution >= 0.6 is 34.0 Å². The first-order valence-corrected chi connectivity index (χ1v) is 1.62.